The summed E-state index contributed by atoms with van der Waals surface area (Å²) >= 11 is -2.76. The third kappa shape index (κ3) is 11.3. The number of rotatable bonds is 18. The number of aliphatic hydroxyl groups excluding tert-OH is 11. The number of hydrogen-bond donors (Lipinski definition) is 12. The molecule has 20 nitrogen and oxygen atoms in total. The van der Waals surface area contributed by atoms with Crippen LogP contribution < -0.4 is 0 Å². The molecule has 0 amide bonds. The van der Waals surface area contributed by atoms with Gasteiger partial charge in [-0.15, -0.1) is 0 Å². The molecule has 0 spiro atoms. The highest BCUT2D eigenvalue weighted by Crippen LogP contribution is 2.55. The van der Waals surface area contributed by atoms with Crippen molar-refractivity contribution < 1.29 is 97.5 Å². The van der Waals surface area contributed by atoms with Gasteiger partial charge >= 0.3 is 11.4 Å². The van der Waals surface area contributed by atoms with Gasteiger partial charge in [0.1, 0.15) is 61.0 Å². The molecular formula is C47H80O20S. The Bertz CT molecular complexity index is 1760. The second-order valence-corrected chi connectivity index (χ2v) is 22.1. The molecule has 6 aliphatic heterocycles. The maximum Gasteiger partial charge on any atom is 0.302 e. The SMILES string of the molecule is C=C(/C(C)=C/CO)[C@H](O)C[C@@H](C)[C@@H](O)[C@H](CC[C@@H](C)[C@@H](O)[C@@H](C)[C@@H]1O[C@H]2[C@@H](O[C@@H]3C[C@@H]4O[C@@H]5[C@@H](O)[C@@H]6O[C@H]([C@H](O)[C@@H](O)CC)[C@H](O)C[C@H]6O[C@@]5(C)C[C@@]4(C)O[C@@]3(C)C[C@H]2O)[C@@H](O)[C@H]1O)OS(=O)O. The van der Waals surface area contributed by atoms with E-state index in [0.717, 1.165) is 0 Å². The first-order valence-electron chi connectivity index (χ1n) is 24.3. The quantitative estimate of drug-likeness (QED) is 0.0605. The molecule has 6 aliphatic rings. The summed E-state index contributed by atoms with van der Waals surface area (Å²) in [6, 6.07) is 0. The lowest BCUT2D eigenvalue weighted by atomic mass is 9.69. The zero-order valence-electron chi connectivity index (χ0n) is 40.5. The van der Waals surface area contributed by atoms with Crippen molar-refractivity contribution in [2.75, 3.05) is 6.61 Å². The van der Waals surface area contributed by atoms with Crippen LogP contribution in [0.25, 0.3) is 0 Å². The molecule has 6 fully saturated rings. The van der Waals surface area contributed by atoms with E-state index in [1.165, 1.54) is 6.08 Å². The van der Waals surface area contributed by atoms with Crippen LogP contribution in [0.3, 0.4) is 0 Å². The van der Waals surface area contributed by atoms with Gasteiger partial charge in [0.25, 0.3) is 0 Å². The largest absolute Gasteiger partial charge is 0.392 e. The first-order valence-corrected chi connectivity index (χ1v) is 25.3. The average molecular weight is 997 g/mol. The minimum Gasteiger partial charge on any atom is -0.392 e. The molecular weight excluding hydrogens is 917 g/mol. The van der Waals surface area contributed by atoms with E-state index in [-0.39, 0.29) is 58.0 Å². The van der Waals surface area contributed by atoms with Crippen LogP contribution in [0.1, 0.15) is 107 Å². The molecule has 12 N–H and O–H groups in total. The molecule has 0 aromatic carbocycles. The molecule has 68 heavy (non-hydrogen) atoms. The molecule has 6 heterocycles. The normalized spacial score (nSPS) is 45.2. The van der Waals surface area contributed by atoms with Gasteiger partial charge in [0.05, 0.1) is 84.4 Å². The van der Waals surface area contributed by atoms with Gasteiger partial charge in [0.2, 0.25) is 0 Å². The predicted molar refractivity (Wildman–Crippen MR) is 242 cm³/mol. The van der Waals surface area contributed by atoms with E-state index in [4.69, 9.17) is 32.6 Å². The van der Waals surface area contributed by atoms with E-state index < -0.39 is 168 Å². The summed E-state index contributed by atoms with van der Waals surface area (Å²) in [5.41, 5.74) is -2.47. The van der Waals surface area contributed by atoms with Crippen molar-refractivity contribution in [3.63, 3.8) is 0 Å². The van der Waals surface area contributed by atoms with Gasteiger partial charge in [-0.25, -0.2) is 0 Å². The third-order valence-corrected chi connectivity index (χ3v) is 16.6. The van der Waals surface area contributed by atoms with Gasteiger partial charge in [-0.3, -0.25) is 8.74 Å². The van der Waals surface area contributed by atoms with Gasteiger partial charge in [-0.2, -0.15) is 4.21 Å². The Hall–Kier alpha value is -1.13. The molecule has 0 bridgehead atoms. The topological polar surface area (TPSA) is 324 Å². The van der Waals surface area contributed by atoms with Gasteiger partial charge in [0, 0.05) is 31.6 Å². The molecule has 394 valence electrons. The predicted octanol–water partition coefficient (Wildman–Crippen LogP) is -0.564. The van der Waals surface area contributed by atoms with Gasteiger partial charge in [-0.05, 0) is 76.4 Å². The molecule has 27 atom stereocenters. The Balaban J connectivity index is 1.11. The summed E-state index contributed by atoms with van der Waals surface area (Å²) in [7, 11) is 0. The van der Waals surface area contributed by atoms with E-state index in [2.05, 4.69) is 6.58 Å². The molecule has 0 saturated carbocycles. The second kappa shape index (κ2) is 22.1. The molecule has 0 aromatic heterocycles. The lowest BCUT2D eigenvalue weighted by molar-refractivity contribution is -0.389. The zero-order chi connectivity index (χ0) is 50.5. The molecule has 6 saturated heterocycles. The number of fused-ring (bicyclic) bond motifs is 5. The number of ether oxygens (including phenoxy) is 6. The van der Waals surface area contributed by atoms with Crippen molar-refractivity contribution in [1.82, 2.24) is 0 Å². The van der Waals surface area contributed by atoms with Gasteiger partial charge in [-0.1, -0.05) is 40.3 Å². The van der Waals surface area contributed by atoms with Crippen LogP contribution in [0.2, 0.25) is 0 Å². The first-order chi connectivity index (χ1) is 31.7. The average Bonchev–Trinajstić information content (AvgIpc) is 3.37. The van der Waals surface area contributed by atoms with Crippen LogP contribution in [-0.2, 0) is 44.0 Å². The monoisotopic (exact) mass is 996 g/mol. The van der Waals surface area contributed by atoms with Crippen molar-refractivity contribution >= 4 is 11.4 Å². The highest BCUT2D eigenvalue weighted by atomic mass is 32.2. The first kappa shape index (κ1) is 56.2. The summed E-state index contributed by atoms with van der Waals surface area (Å²) in [6.07, 6.45) is -21.0. The van der Waals surface area contributed by atoms with E-state index in [1.807, 2.05) is 6.92 Å². The van der Waals surface area contributed by atoms with E-state index in [1.54, 1.807) is 48.5 Å². The number of hydrogen-bond acceptors (Lipinski definition) is 19. The van der Waals surface area contributed by atoms with Crippen LogP contribution in [0.5, 0.6) is 0 Å². The Morgan fingerprint density at radius 2 is 1.44 bits per heavy atom. The standard InChI is InChI=1S/C47H80O20S/c1-10-25(49)35(55)40-27(51)16-30-42(64-40)38(58)44-47(9,65-30)19-46(8)32(62-44)17-31-45(7,67-46)18-28(52)41-43(61-31)37(57)36(56)39(63-41)24(6)33(53)21(3)11-12-29(66-68(59)60)34(54)22(4)15-26(50)23(5)20(2)13-14-48/h13,21-22,24-44,48-58H,5,10-12,14-19H2,1-4,6-9H3,(H,59,60)/b20-13+/t21-,22-,24-,25+,26-,27-,28-,29+,30-,31-,32+,33-,34-,35-,36-,37+,38+,39+,40+,41-,42-,43+,44-,45+,46-,47+/m1/s1. The zero-order valence-corrected chi connectivity index (χ0v) is 41.3. The van der Waals surface area contributed by atoms with Crippen molar-refractivity contribution in [2.24, 2.45) is 17.8 Å². The number of aliphatic hydroxyl groups is 11. The smallest absolute Gasteiger partial charge is 0.302 e. The highest BCUT2D eigenvalue weighted by molar-refractivity contribution is 7.74. The van der Waals surface area contributed by atoms with Crippen LogP contribution >= 0.6 is 0 Å². The molecule has 0 radical (unpaired) electrons. The lowest BCUT2D eigenvalue weighted by Crippen LogP contribution is -2.76. The van der Waals surface area contributed by atoms with Crippen LogP contribution in [0, 0.1) is 17.8 Å². The van der Waals surface area contributed by atoms with Crippen molar-refractivity contribution in [2.45, 2.75) is 246 Å². The summed E-state index contributed by atoms with van der Waals surface area (Å²) in [5.74, 6) is -2.05. The minimum atomic E-state index is -2.76. The van der Waals surface area contributed by atoms with Crippen molar-refractivity contribution in [3.05, 3.63) is 23.8 Å². The highest BCUT2D eigenvalue weighted by Gasteiger charge is 2.68. The van der Waals surface area contributed by atoms with E-state index in [0.29, 0.717) is 11.1 Å². The van der Waals surface area contributed by atoms with E-state index >= 15 is 0 Å². The molecule has 1 unspecified atom stereocenters. The van der Waals surface area contributed by atoms with Crippen molar-refractivity contribution in [1.29, 1.82) is 0 Å². The fourth-order valence-corrected chi connectivity index (χ4v) is 12.5. The fourth-order valence-electron chi connectivity index (χ4n) is 12.1. The van der Waals surface area contributed by atoms with Crippen LogP contribution in [0.4, 0.5) is 0 Å². The van der Waals surface area contributed by atoms with Gasteiger partial charge in [0.15, 0.2) is 0 Å². The van der Waals surface area contributed by atoms with Gasteiger partial charge < -0.3 is 84.6 Å². The summed E-state index contributed by atoms with van der Waals surface area (Å²) in [4.78, 5) is 0. The van der Waals surface area contributed by atoms with Crippen LogP contribution in [-0.4, -0.2) is 210 Å². The molecule has 0 aliphatic carbocycles. The molecule has 0 aromatic rings. The maximum atomic E-state index is 11.9. The Morgan fingerprint density at radius 1 is 0.794 bits per heavy atom. The summed E-state index contributed by atoms with van der Waals surface area (Å²) < 4.78 is 65.9. The second-order valence-electron chi connectivity index (χ2n) is 21.5. The third-order valence-electron chi connectivity index (χ3n) is 16.2. The Morgan fingerprint density at radius 3 is 2.07 bits per heavy atom. The lowest BCUT2D eigenvalue weighted by Gasteiger charge is -2.63. The minimum absolute atomic E-state index is 0.0124. The molecule has 6 rings (SSSR count). The maximum absolute atomic E-state index is 11.9. The van der Waals surface area contributed by atoms with E-state index in [9.17, 15) is 64.9 Å². The fraction of sp³-hybridized carbons (Fsp3) is 0.915. The summed E-state index contributed by atoms with van der Waals surface area (Å²) in [5, 5.41) is 122. The Labute approximate surface area is 401 Å². The van der Waals surface area contributed by atoms with Crippen molar-refractivity contribution in [3.8, 4) is 0 Å². The Kier molecular flexibility index (Phi) is 18.3. The summed E-state index contributed by atoms with van der Waals surface area (Å²) in [6.45, 7) is 17.4. The van der Waals surface area contributed by atoms with Crippen LogP contribution in [0.15, 0.2) is 23.8 Å². The molecule has 21 heteroatoms.